The van der Waals surface area contributed by atoms with Crippen LogP contribution in [0.2, 0.25) is 0 Å². The number of carbonyl (C=O) groups excluding carboxylic acids is 2. The van der Waals surface area contributed by atoms with E-state index < -0.39 is 0 Å². The van der Waals surface area contributed by atoms with Crippen LogP contribution in [0.15, 0.2) is 48.5 Å². The summed E-state index contributed by atoms with van der Waals surface area (Å²) >= 11 is 0. The van der Waals surface area contributed by atoms with Crippen molar-refractivity contribution >= 4 is 11.9 Å². The van der Waals surface area contributed by atoms with Crippen molar-refractivity contribution in [1.82, 2.24) is 9.80 Å². The van der Waals surface area contributed by atoms with Crippen LogP contribution in [0.25, 0.3) is 0 Å². The van der Waals surface area contributed by atoms with Gasteiger partial charge in [-0.2, -0.15) is 0 Å². The van der Waals surface area contributed by atoms with Crippen LogP contribution in [0.1, 0.15) is 83.8 Å². The third-order valence-corrected chi connectivity index (χ3v) is 6.27. The lowest BCUT2D eigenvalue weighted by Crippen LogP contribution is -2.40. The first-order valence-electron chi connectivity index (χ1n) is 11.7. The summed E-state index contributed by atoms with van der Waals surface area (Å²) in [5.74, 6) is -0.512. The van der Waals surface area contributed by atoms with Gasteiger partial charge in [0.25, 0.3) is 0 Å². The molecule has 2 aliphatic heterocycles. The molecule has 170 valence electrons. The average molecular weight is 437 g/mol. The van der Waals surface area contributed by atoms with E-state index in [0.717, 1.165) is 49.9 Å². The zero-order valence-corrected chi connectivity index (χ0v) is 19.0. The Kier molecular flexibility index (Phi) is 7.22. The smallest absolute Gasteiger partial charge is 0.340 e. The fourth-order valence-electron chi connectivity index (χ4n) is 4.47. The standard InChI is InChI=1S/C26H32N2O4/c1-3-5-15-27(23-19-11-7-9-13-21(19)25(29)31-23)17-18-28(16-6-4-2)24-20-12-8-10-14-22(20)26(30)32-24/h7-14,23-24H,3-6,15-18H2,1-2H3. The topological polar surface area (TPSA) is 59.1 Å². The van der Waals surface area contributed by atoms with Gasteiger partial charge < -0.3 is 9.47 Å². The molecule has 2 heterocycles. The zero-order valence-electron chi connectivity index (χ0n) is 19.0. The minimum absolute atomic E-state index is 0.256. The van der Waals surface area contributed by atoms with Gasteiger partial charge in [-0.1, -0.05) is 63.1 Å². The molecule has 2 atom stereocenters. The number of fused-ring (bicyclic) bond motifs is 2. The van der Waals surface area contributed by atoms with Crippen LogP contribution in [0.5, 0.6) is 0 Å². The van der Waals surface area contributed by atoms with Crippen LogP contribution in [0.4, 0.5) is 0 Å². The predicted molar refractivity (Wildman–Crippen MR) is 122 cm³/mol. The number of hydrogen-bond acceptors (Lipinski definition) is 6. The van der Waals surface area contributed by atoms with E-state index in [4.69, 9.17) is 9.47 Å². The molecule has 4 rings (SSSR count). The van der Waals surface area contributed by atoms with Crippen molar-refractivity contribution in [1.29, 1.82) is 0 Å². The van der Waals surface area contributed by atoms with Crippen LogP contribution in [-0.2, 0) is 9.47 Å². The fraction of sp³-hybridized carbons (Fsp3) is 0.462. The van der Waals surface area contributed by atoms with Gasteiger partial charge in [0, 0.05) is 37.3 Å². The molecule has 0 bridgehead atoms. The van der Waals surface area contributed by atoms with Gasteiger partial charge in [0.15, 0.2) is 12.5 Å². The van der Waals surface area contributed by atoms with Crippen LogP contribution < -0.4 is 0 Å². The molecule has 6 nitrogen and oxygen atoms in total. The van der Waals surface area contributed by atoms with Crippen LogP contribution >= 0.6 is 0 Å². The molecule has 0 saturated carbocycles. The van der Waals surface area contributed by atoms with E-state index >= 15 is 0 Å². The summed E-state index contributed by atoms with van der Waals surface area (Å²) in [6, 6.07) is 15.3. The summed E-state index contributed by atoms with van der Waals surface area (Å²) in [4.78, 5) is 29.3. The maximum Gasteiger partial charge on any atom is 0.340 e. The number of unbranched alkanes of at least 4 members (excludes halogenated alkanes) is 2. The number of ether oxygens (including phenoxy) is 2. The largest absolute Gasteiger partial charge is 0.438 e. The van der Waals surface area contributed by atoms with Gasteiger partial charge in [-0.05, 0) is 25.0 Å². The number of carbonyl (C=O) groups is 2. The highest BCUT2D eigenvalue weighted by atomic mass is 16.6. The first-order valence-corrected chi connectivity index (χ1v) is 11.7. The number of nitrogens with zero attached hydrogens (tertiary/aromatic N) is 2. The molecule has 0 amide bonds. The molecule has 2 aliphatic rings. The number of hydrogen-bond donors (Lipinski definition) is 0. The second kappa shape index (κ2) is 10.3. The molecule has 0 aromatic heterocycles. The number of benzene rings is 2. The van der Waals surface area contributed by atoms with E-state index in [9.17, 15) is 9.59 Å². The van der Waals surface area contributed by atoms with Crippen LogP contribution in [-0.4, -0.2) is 47.9 Å². The molecule has 2 unspecified atom stereocenters. The van der Waals surface area contributed by atoms with Crippen molar-refractivity contribution in [2.24, 2.45) is 0 Å². The molecule has 0 radical (unpaired) electrons. The lowest BCUT2D eigenvalue weighted by molar-refractivity contribution is -0.0479. The van der Waals surface area contributed by atoms with Gasteiger partial charge in [0.2, 0.25) is 0 Å². The lowest BCUT2D eigenvalue weighted by atomic mass is 10.1. The van der Waals surface area contributed by atoms with Crippen LogP contribution in [0, 0.1) is 0 Å². The Hall–Kier alpha value is -2.70. The SMILES string of the molecule is CCCCN(CCN(CCCC)C1OC(=O)c2ccccc21)C1OC(=O)c2ccccc21. The van der Waals surface area contributed by atoms with E-state index in [0.29, 0.717) is 24.2 Å². The number of cyclic esters (lactones) is 2. The predicted octanol–water partition coefficient (Wildman–Crippen LogP) is 4.93. The molecular weight excluding hydrogens is 404 g/mol. The van der Waals surface area contributed by atoms with Gasteiger partial charge in [-0.15, -0.1) is 0 Å². The van der Waals surface area contributed by atoms with Gasteiger partial charge in [0.05, 0.1) is 11.1 Å². The monoisotopic (exact) mass is 436 g/mol. The second-order valence-corrected chi connectivity index (χ2v) is 8.47. The molecule has 32 heavy (non-hydrogen) atoms. The van der Waals surface area contributed by atoms with Crippen LogP contribution in [0.3, 0.4) is 0 Å². The summed E-state index contributed by atoms with van der Waals surface area (Å²) in [7, 11) is 0. The Bertz CT molecular complexity index is 883. The maximum absolute atomic E-state index is 12.4. The Balaban J connectivity index is 1.53. The first-order chi connectivity index (χ1) is 15.6. The molecular formula is C26H32N2O4. The molecule has 2 aromatic rings. The molecule has 0 aliphatic carbocycles. The van der Waals surface area contributed by atoms with E-state index in [-0.39, 0.29) is 24.4 Å². The van der Waals surface area contributed by atoms with E-state index in [1.54, 1.807) is 0 Å². The fourth-order valence-corrected chi connectivity index (χ4v) is 4.47. The first kappa shape index (κ1) is 22.5. The van der Waals surface area contributed by atoms with Crippen molar-refractivity contribution in [3.63, 3.8) is 0 Å². The molecule has 6 heteroatoms. The lowest BCUT2D eigenvalue weighted by Gasteiger charge is -2.33. The minimum atomic E-state index is -0.364. The second-order valence-electron chi connectivity index (χ2n) is 8.47. The Morgan fingerprint density at radius 3 is 1.47 bits per heavy atom. The van der Waals surface area contributed by atoms with Crippen molar-refractivity contribution in [3.8, 4) is 0 Å². The average Bonchev–Trinajstić information content (AvgIpc) is 3.33. The summed E-state index contributed by atoms with van der Waals surface area (Å²) in [5, 5.41) is 0. The zero-order chi connectivity index (χ0) is 22.5. The molecule has 0 saturated heterocycles. The van der Waals surface area contributed by atoms with E-state index in [2.05, 4.69) is 23.6 Å². The highest BCUT2D eigenvalue weighted by molar-refractivity contribution is 5.94. The van der Waals surface area contributed by atoms with Gasteiger partial charge >= 0.3 is 11.9 Å². The van der Waals surface area contributed by atoms with Gasteiger partial charge in [-0.3, -0.25) is 9.80 Å². The molecule has 0 N–H and O–H groups in total. The normalized spacial score (nSPS) is 19.2. The summed E-state index contributed by atoms with van der Waals surface area (Å²) in [5.41, 5.74) is 3.18. The van der Waals surface area contributed by atoms with Crippen molar-refractivity contribution in [3.05, 3.63) is 70.8 Å². The number of esters is 2. The molecule has 2 aromatic carbocycles. The van der Waals surface area contributed by atoms with Crippen molar-refractivity contribution in [2.45, 2.75) is 52.0 Å². The van der Waals surface area contributed by atoms with Gasteiger partial charge in [-0.25, -0.2) is 9.59 Å². The molecule has 0 fully saturated rings. The molecule has 0 spiro atoms. The summed E-state index contributed by atoms with van der Waals surface area (Å²) < 4.78 is 11.6. The quantitative estimate of drug-likeness (QED) is 0.466. The summed E-state index contributed by atoms with van der Waals surface area (Å²) in [6.45, 7) is 7.43. The highest BCUT2D eigenvalue weighted by Gasteiger charge is 2.37. The minimum Gasteiger partial charge on any atom is -0.438 e. The third-order valence-electron chi connectivity index (χ3n) is 6.27. The van der Waals surface area contributed by atoms with Crippen molar-refractivity contribution < 1.29 is 19.1 Å². The number of rotatable bonds is 11. The Morgan fingerprint density at radius 1 is 0.656 bits per heavy atom. The Labute approximate surface area is 190 Å². The van der Waals surface area contributed by atoms with E-state index in [1.807, 2.05) is 48.5 Å². The van der Waals surface area contributed by atoms with Crippen molar-refractivity contribution in [2.75, 3.05) is 26.2 Å². The van der Waals surface area contributed by atoms with Gasteiger partial charge in [0.1, 0.15) is 0 Å². The Morgan fingerprint density at radius 2 is 1.06 bits per heavy atom. The summed E-state index contributed by atoms with van der Waals surface area (Å²) in [6.07, 6.45) is 3.44. The van der Waals surface area contributed by atoms with E-state index in [1.165, 1.54) is 0 Å². The maximum atomic E-state index is 12.4. The third kappa shape index (κ3) is 4.57. The highest BCUT2D eigenvalue weighted by Crippen LogP contribution is 2.35.